The number of hydrogen-bond acceptors (Lipinski definition) is 4. The number of nitrogens with zero attached hydrogens (tertiary/aromatic N) is 2. The third-order valence-corrected chi connectivity index (χ3v) is 5.47. The molecule has 19 heavy (non-hydrogen) atoms. The van der Waals surface area contributed by atoms with E-state index >= 15 is 0 Å². The van der Waals surface area contributed by atoms with Crippen molar-refractivity contribution < 1.29 is 8.42 Å². The molecule has 1 aliphatic heterocycles. The summed E-state index contributed by atoms with van der Waals surface area (Å²) in [6.45, 7) is 6.29. The van der Waals surface area contributed by atoms with Gasteiger partial charge in [0.05, 0.1) is 5.75 Å². The number of nitrogens with two attached hydrogens (primary N) is 1. The Bertz CT molecular complexity index is 389. The number of rotatable bonds is 6. The molecule has 0 aliphatic carbocycles. The number of thioether (sulfide) groups is 1. The second kappa shape index (κ2) is 7.96. The van der Waals surface area contributed by atoms with Gasteiger partial charge in [0.2, 0.25) is 10.0 Å². The van der Waals surface area contributed by atoms with E-state index in [2.05, 4.69) is 24.2 Å². The maximum absolute atomic E-state index is 12.0. The minimum atomic E-state index is -3.16. The topological polar surface area (TPSA) is 87.8 Å². The zero-order chi connectivity index (χ0) is 14.3. The number of hydrogen-bond donors (Lipinski definition) is 2. The van der Waals surface area contributed by atoms with Gasteiger partial charge in [-0.3, -0.25) is 4.99 Å². The summed E-state index contributed by atoms with van der Waals surface area (Å²) >= 11 is 1.79. The molecule has 0 atom stereocenters. The Labute approximate surface area is 120 Å². The molecule has 1 saturated heterocycles. The molecule has 0 spiro atoms. The van der Waals surface area contributed by atoms with Crippen molar-refractivity contribution in [2.45, 2.75) is 13.8 Å². The van der Waals surface area contributed by atoms with E-state index in [0.717, 1.165) is 11.5 Å². The first-order chi connectivity index (χ1) is 8.92. The smallest absolute Gasteiger partial charge is 0.215 e. The Kier molecular flexibility index (Phi) is 6.95. The van der Waals surface area contributed by atoms with Crippen LogP contribution in [-0.4, -0.2) is 62.1 Å². The van der Waals surface area contributed by atoms with Gasteiger partial charge in [-0.1, -0.05) is 13.8 Å². The summed E-state index contributed by atoms with van der Waals surface area (Å²) in [5.41, 5.74) is 5.66. The highest BCUT2D eigenvalue weighted by atomic mass is 32.2. The van der Waals surface area contributed by atoms with Crippen LogP contribution in [0.15, 0.2) is 4.99 Å². The van der Waals surface area contributed by atoms with E-state index in [1.165, 1.54) is 0 Å². The maximum atomic E-state index is 12.0. The third-order valence-electron chi connectivity index (χ3n) is 2.66. The molecule has 1 aliphatic rings. The minimum absolute atomic E-state index is 0.0650. The lowest BCUT2D eigenvalue weighted by molar-refractivity contribution is 0.443. The molecule has 6 nitrogen and oxygen atoms in total. The quantitative estimate of drug-likeness (QED) is 0.529. The SMILES string of the molecule is CC(C)CN=C(N)NCCS(=O)(=O)N1CCSCC1. The number of sulfonamides is 1. The molecular weight excluding hydrogens is 284 g/mol. The molecule has 1 fully saturated rings. The zero-order valence-corrected chi connectivity index (χ0v) is 13.3. The highest BCUT2D eigenvalue weighted by molar-refractivity contribution is 7.99. The first-order valence-corrected chi connectivity index (χ1v) is 9.27. The fourth-order valence-corrected chi connectivity index (χ4v) is 4.09. The average Bonchev–Trinajstić information content (AvgIpc) is 2.37. The van der Waals surface area contributed by atoms with E-state index in [1.54, 1.807) is 16.1 Å². The van der Waals surface area contributed by atoms with Gasteiger partial charge in [0, 0.05) is 37.7 Å². The van der Waals surface area contributed by atoms with Crippen LogP contribution in [0.1, 0.15) is 13.8 Å². The van der Waals surface area contributed by atoms with E-state index in [1.807, 2.05) is 0 Å². The standard InChI is InChI=1S/C11H24N4O2S2/c1-10(2)9-14-11(12)13-3-8-19(16,17)15-4-6-18-7-5-15/h10H,3-9H2,1-2H3,(H3,12,13,14). The van der Waals surface area contributed by atoms with Crippen LogP contribution in [0.5, 0.6) is 0 Å². The highest BCUT2D eigenvalue weighted by Gasteiger charge is 2.23. The fourth-order valence-electron chi connectivity index (χ4n) is 1.60. The van der Waals surface area contributed by atoms with Gasteiger partial charge in [0.25, 0.3) is 0 Å². The molecule has 3 N–H and O–H groups in total. The normalized spacial score (nSPS) is 18.8. The van der Waals surface area contributed by atoms with Crippen molar-refractivity contribution in [3.63, 3.8) is 0 Å². The van der Waals surface area contributed by atoms with Crippen molar-refractivity contribution in [3.8, 4) is 0 Å². The molecule has 0 aromatic rings. The van der Waals surface area contributed by atoms with Gasteiger partial charge in [0.15, 0.2) is 5.96 Å². The lowest BCUT2D eigenvalue weighted by atomic mass is 10.2. The summed E-state index contributed by atoms with van der Waals surface area (Å²) in [4.78, 5) is 4.13. The van der Waals surface area contributed by atoms with Crippen LogP contribution < -0.4 is 11.1 Å². The number of nitrogens with one attached hydrogen (secondary N) is 1. The van der Waals surface area contributed by atoms with Crippen LogP contribution in [0.2, 0.25) is 0 Å². The molecule has 1 heterocycles. The monoisotopic (exact) mass is 308 g/mol. The molecule has 0 amide bonds. The third kappa shape index (κ3) is 6.49. The molecule has 8 heteroatoms. The summed E-state index contributed by atoms with van der Waals surface area (Å²) in [5.74, 6) is 2.58. The van der Waals surface area contributed by atoms with E-state index in [0.29, 0.717) is 38.1 Å². The van der Waals surface area contributed by atoms with Crippen LogP contribution in [0.3, 0.4) is 0 Å². The largest absolute Gasteiger partial charge is 0.370 e. The summed E-state index contributed by atoms with van der Waals surface area (Å²) < 4.78 is 25.6. The Morgan fingerprint density at radius 3 is 2.63 bits per heavy atom. The van der Waals surface area contributed by atoms with Crippen LogP contribution in [0.4, 0.5) is 0 Å². The van der Waals surface area contributed by atoms with E-state index in [9.17, 15) is 8.42 Å². The summed E-state index contributed by atoms with van der Waals surface area (Å²) in [6.07, 6.45) is 0. The van der Waals surface area contributed by atoms with Gasteiger partial charge in [-0.05, 0) is 5.92 Å². The second-order valence-electron chi connectivity index (χ2n) is 4.87. The molecule has 0 radical (unpaired) electrons. The van der Waals surface area contributed by atoms with Crippen LogP contribution >= 0.6 is 11.8 Å². The van der Waals surface area contributed by atoms with E-state index in [-0.39, 0.29) is 5.75 Å². The average molecular weight is 308 g/mol. The molecular formula is C11H24N4O2S2. The first kappa shape index (κ1) is 16.6. The molecule has 0 bridgehead atoms. The van der Waals surface area contributed by atoms with Crippen molar-refractivity contribution in [1.29, 1.82) is 0 Å². The lowest BCUT2D eigenvalue weighted by Gasteiger charge is -2.25. The van der Waals surface area contributed by atoms with Crippen molar-refractivity contribution in [2.75, 3.05) is 43.4 Å². The molecule has 0 unspecified atom stereocenters. The maximum Gasteiger partial charge on any atom is 0.215 e. The van der Waals surface area contributed by atoms with Gasteiger partial charge in [0.1, 0.15) is 0 Å². The van der Waals surface area contributed by atoms with E-state index < -0.39 is 10.0 Å². The zero-order valence-electron chi connectivity index (χ0n) is 11.6. The first-order valence-electron chi connectivity index (χ1n) is 6.51. The Hall–Kier alpha value is -0.470. The molecule has 0 aromatic carbocycles. The van der Waals surface area contributed by atoms with Gasteiger partial charge in [-0.15, -0.1) is 0 Å². The summed E-state index contributed by atoms with van der Waals surface area (Å²) in [6, 6.07) is 0. The van der Waals surface area contributed by atoms with Gasteiger partial charge >= 0.3 is 0 Å². The van der Waals surface area contributed by atoms with Crippen LogP contribution in [0.25, 0.3) is 0 Å². The Balaban J connectivity index is 2.33. The predicted octanol–water partition coefficient (Wildman–Crippen LogP) is -0.0747. The van der Waals surface area contributed by atoms with E-state index in [4.69, 9.17) is 5.73 Å². The number of aliphatic imine (C=N–C) groups is 1. The number of guanidine groups is 1. The molecule has 0 saturated carbocycles. The molecule has 1 rings (SSSR count). The summed E-state index contributed by atoms with van der Waals surface area (Å²) in [5, 5.41) is 2.85. The molecule has 112 valence electrons. The van der Waals surface area contributed by atoms with Crippen LogP contribution in [-0.2, 0) is 10.0 Å². The van der Waals surface area contributed by atoms with Gasteiger partial charge in [-0.2, -0.15) is 11.8 Å². The van der Waals surface area contributed by atoms with Gasteiger partial charge < -0.3 is 11.1 Å². The Morgan fingerprint density at radius 1 is 1.42 bits per heavy atom. The van der Waals surface area contributed by atoms with Crippen molar-refractivity contribution in [1.82, 2.24) is 9.62 Å². The highest BCUT2D eigenvalue weighted by Crippen LogP contribution is 2.12. The lowest BCUT2D eigenvalue weighted by Crippen LogP contribution is -2.43. The Morgan fingerprint density at radius 2 is 2.05 bits per heavy atom. The van der Waals surface area contributed by atoms with Gasteiger partial charge in [-0.25, -0.2) is 12.7 Å². The van der Waals surface area contributed by atoms with Crippen molar-refractivity contribution >= 4 is 27.7 Å². The predicted molar refractivity (Wildman–Crippen MR) is 82.0 cm³/mol. The fraction of sp³-hybridized carbons (Fsp3) is 0.909. The van der Waals surface area contributed by atoms with Crippen molar-refractivity contribution in [3.05, 3.63) is 0 Å². The second-order valence-corrected chi connectivity index (χ2v) is 8.19. The minimum Gasteiger partial charge on any atom is -0.370 e. The van der Waals surface area contributed by atoms with Crippen molar-refractivity contribution in [2.24, 2.45) is 16.6 Å². The van der Waals surface area contributed by atoms with Crippen LogP contribution in [0, 0.1) is 5.92 Å². The summed E-state index contributed by atoms with van der Waals surface area (Å²) in [7, 11) is -3.16. The molecule has 0 aromatic heterocycles.